The van der Waals surface area contributed by atoms with Crippen molar-refractivity contribution >= 4 is 0 Å². The second kappa shape index (κ2) is 3.09. The number of ether oxygens (including phenoxy) is 1. The van der Waals surface area contributed by atoms with Crippen LogP contribution in [0.1, 0.15) is 12.8 Å². The number of hydrogen-bond acceptors (Lipinski definition) is 3. The van der Waals surface area contributed by atoms with E-state index >= 15 is 0 Å². The standard InChI is InChI=1S/C8H16N2O/c1-2-8(10-3-1)6-9-4-5-11-7-8/h9-10H,1-7H2. The summed E-state index contributed by atoms with van der Waals surface area (Å²) in [6.07, 6.45) is 2.56. The first kappa shape index (κ1) is 7.53. The highest BCUT2D eigenvalue weighted by molar-refractivity contribution is 4.95. The van der Waals surface area contributed by atoms with Crippen molar-refractivity contribution in [2.24, 2.45) is 0 Å². The van der Waals surface area contributed by atoms with Gasteiger partial charge >= 0.3 is 0 Å². The summed E-state index contributed by atoms with van der Waals surface area (Å²) in [5, 5.41) is 6.92. The van der Waals surface area contributed by atoms with Gasteiger partial charge in [-0.2, -0.15) is 0 Å². The Hall–Kier alpha value is -0.120. The molecule has 2 heterocycles. The smallest absolute Gasteiger partial charge is 0.0661 e. The second-order valence-corrected chi connectivity index (χ2v) is 3.54. The van der Waals surface area contributed by atoms with Crippen LogP contribution in [0.25, 0.3) is 0 Å². The van der Waals surface area contributed by atoms with Crippen molar-refractivity contribution in [2.75, 3.05) is 32.8 Å². The number of nitrogens with one attached hydrogen (secondary N) is 2. The molecule has 2 aliphatic rings. The Labute approximate surface area is 67.5 Å². The van der Waals surface area contributed by atoms with Gasteiger partial charge in [0.25, 0.3) is 0 Å². The third-order valence-corrected chi connectivity index (χ3v) is 2.60. The van der Waals surface area contributed by atoms with Crippen molar-refractivity contribution in [1.29, 1.82) is 0 Å². The minimum Gasteiger partial charge on any atom is -0.378 e. The molecule has 2 saturated heterocycles. The van der Waals surface area contributed by atoms with Gasteiger partial charge in [0.2, 0.25) is 0 Å². The maximum Gasteiger partial charge on any atom is 0.0661 e. The molecule has 3 heteroatoms. The SMILES string of the molecule is C1CNC2(C1)CNCCOC2. The molecule has 64 valence electrons. The Balaban J connectivity index is 1.97. The molecule has 0 aromatic heterocycles. The van der Waals surface area contributed by atoms with E-state index in [-0.39, 0.29) is 5.54 Å². The van der Waals surface area contributed by atoms with E-state index < -0.39 is 0 Å². The quantitative estimate of drug-likeness (QED) is 0.506. The van der Waals surface area contributed by atoms with Gasteiger partial charge in [-0.05, 0) is 19.4 Å². The van der Waals surface area contributed by atoms with E-state index in [4.69, 9.17) is 4.74 Å². The molecule has 1 unspecified atom stereocenters. The Morgan fingerprint density at radius 3 is 3.09 bits per heavy atom. The molecule has 0 bridgehead atoms. The Bertz CT molecular complexity index is 122. The molecule has 11 heavy (non-hydrogen) atoms. The zero-order valence-corrected chi connectivity index (χ0v) is 6.86. The lowest BCUT2D eigenvalue weighted by molar-refractivity contribution is 0.101. The summed E-state index contributed by atoms with van der Waals surface area (Å²) in [5.41, 5.74) is 0.274. The van der Waals surface area contributed by atoms with Crippen LogP contribution in [0, 0.1) is 0 Å². The average molecular weight is 156 g/mol. The highest BCUT2D eigenvalue weighted by atomic mass is 16.5. The normalized spacial score (nSPS) is 39.3. The maximum atomic E-state index is 5.51. The first-order valence-corrected chi connectivity index (χ1v) is 4.45. The molecule has 0 saturated carbocycles. The molecule has 3 nitrogen and oxygen atoms in total. The topological polar surface area (TPSA) is 33.3 Å². The van der Waals surface area contributed by atoms with Crippen LogP contribution in [0.3, 0.4) is 0 Å². The predicted octanol–water partition coefficient (Wildman–Crippen LogP) is -0.272. The molecular formula is C8H16N2O. The average Bonchev–Trinajstić information content (AvgIpc) is 2.32. The molecule has 0 radical (unpaired) electrons. The van der Waals surface area contributed by atoms with Gasteiger partial charge < -0.3 is 15.4 Å². The van der Waals surface area contributed by atoms with Crippen LogP contribution in [0.2, 0.25) is 0 Å². The summed E-state index contributed by atoms with van der Waals surface area (Å²) in [5.74, 6) is 0. The lowest BCUT2D eigenvalue weighted by Gasteiger charge is -2.26. The molecule has 1 spiro atoms. The lowest BCUT2D eigenvalue weighted by atomic mass is 9.99. The van der Waals surface area contributed by atoms with Gasteiger partial charge in [0.1, 0.15) is 0 Å². The minimum absolute atomic E-state index is 0.274. The van der Waals surface area contributed by atoms with Crippen LogP contribution in [0.5, 0.6) is 0 Å². The monoisotopic (exact) mass is 156 g/mol. The minimum atomic E-state index is 0.274. The lowest BCUT2D eigenvalue weighted by Crippen LogP contribution is -2.50. The first-order valence-electron chi connectivity index (χ1n) is 4.45. The summed E-state index contributed by atoms with van der Waals surface area (Å²) in [6, 6.07) is 0. The van der Waals surface area contributed by atoms with E-state index in [0.717, 1.165) is 32.8 Å². The highest BCUT2D eigenvalue weighted by Crippen LogP contribution is 2.19. The first-order chi connectivity index (χ1) is 5.41. The third kappa shape index (κ3) is 1.55. The van der Waals surface area contributed by atoms with Crippen LogP contribution >= 0.6 is 0 Å². The van der Waals surface area contributed by atoms with Gasteiger partial charge in [-0.3, -0.25) is 0 Å². The summed E-state index contributed by atoms with van der Waals surface area (Å²) >= 11 is 0. The third-order valence-electron chi connectivity index (χ3n) is 2.60. The zero-order chi connectivity index (χ0) is 7.57. The van der Waals surface area contributed by atoms with Crippen molar-refractivity contribution in [3.8, 4) is 0 Å². The number of hydrogen-bond donors (Lipinski definition) is 2. The summed E-state index contributed by atoms with van der Waals surface area (Å²) in [7, 11) is 0. The van der Waals surface area contributed by atoms with Crippen molar-refractivity contribution in [1.82, 2.24) is 10.6 Å². The van der Waals surface area contributed by atoms with Crippen molar-refractivity contribution in [2.45, 2.75) is 18.4 Å². The van der Waals surface area contributed by atoms with Gasteiger partial charge in [-0.15, -0.1) is 0 Å². The fourth-order valence-corrected chi connectivity index (χ4v) is 1.93. The maximum absolute atomic E-state index is 5.51. The van der Waals surface area contributed by atoms with Crippen LogP contribution in [0.4, 0.5) is 0 Å². The Morgan fingerprint density at radius 2 is 2.27 bits per heavy atom. The molecule has 0 aromatic rings. The largest absolute Gasteiger partial charge is 0.378 e. The van der Waals surface area contributed by atoms with Gasteiger partial charge in [-0.1, -0.05) is 0 Å². The molecule has 0 aromatic carbocycles. The summed E-state index contributed by atoms with van der Waals surface area (Å²) in [6.45, 7) is 4.99. The summed E-state index contributed by atoms with van der Waals surface area (Å²) < 4.78 is 5.51. The van der Waals surface area contributed by atoms with E-state index in [1.54, 1.807) is 0 Å². The molecule has 0 aliphatic carbocycles. The van der Waals surface area contributed by atoms with Crippen LogP contribution in [-0.2, 0) is 4.74 Å². The molecule has 2 aliphatic heterocycles. The van der Waals surface area contributed by atoms with E-state index in [0.29, 0.717) is 0 Å². The van der Waals surface area contributed by atoms with E-state index in [1.807, 2.05) is 0 Å². The fraction of sp³-hybridized carbons (Fsp3) is 1.00. The fourth-order valence-electron chi connectivity index (χ4n) is 1.93. The molecular weight excluding hydrogens is 140 g/mol. The molecule has 2 fully saturated rings. The zero-order valence-electron chi connectivity index (χ0n) is 6.86. The van der Waals surface area contributed by atoms with Crippen molar-refractivity contribution in [3.05, 3.63) is 0 Å². The molecule has 2 rings (SSSR count). The van der Waals surface area contributed by atoms with E-state index in [2.05, 4.69) is 10.6 Å². The predicted molar refractivity (Wildman–Crippen MR) is 43.7 cm³/mol. The van der Waals surface area contributed by atoms with Crippen molar-refractivity contribution in [3.63, 3.8) is 0 Å². The number of rotatable bonds is 0. The van der Waals surface area contributed by atoms with E-state index in [1.165, 1.54) is 12.8 Å². The van der Waals surface area contributed by atoms with Gasteiger partial charge in [0, 0.05) is 13.1 Å². The molecule has 1 atom stereocenters. The highest BCUT2D eigenvalue weighted by Gasteiger charge is 2.34. The van der Waals surface area contributed by atoms with E-state index in [9.17, 15) is 0 Å². The van der Waals surface area contributed by atoms with Gasteiger partial charge in [-0.25, -0.2) is 0 Å². The Kier molecular flexibility index (Phi) is 2.11. The van der Waals surface area contributed by atoms with Crippen LogP contribution < -0.4 is 10.6 Å². The van der Waals surface area contributed by atoms with Gasteiger partial charge in [0.05, 0.1) is 18.8 Å². The summed E-state index contributed by atoms with van der Waals surface area (Å²) in [4.78, 5) is 0. The van der Waals surface area contributed by atoms with Crippen LogP contribution in [0.15, 0.2) is 0 Å². The van der Waals surface area contributed by atoms with Gasteiger partial charge in [0.15, 0.2) is 0 Å². The molecule has 0 amide bonds. The Morgan fingerprint density at radius 1 is 1.27 bits per heavy atom. The van der Waals surface area contributed by atoms with Crippen molar-refractivity contribution < 1.29 is 4.74 Å². The second-order valence-electron chi connectivity index (χ2n) is 3.54. The van der Waals surface area contributed by atoms with Crippen LogP contribution in [-0.4, -0.2) is 38.4 Å². The molecule has 2 N–H and O–H groups in total.